The number of piperidine rings is 1. The lowest BCUT2D eigenvalue weighted by Gasteiger charge is -2.34. The monoisotopic (exact) mass is 355 g/mol. The van der Waals surface area contributed by atoms with Gasteiger partial charge in [-0.05, 0) is 50.9 Å². The Morgan fingerprint density at radius 2 is 1.84 bits per heavy atom. The van der Waals surface area contributed by atoms with Gasteiger partial charge >= 0.3 is 0 Å². The highest BCUT2D eigenvalue weighted by molar-refractivity contribution is 5.80. The molecule has 0 bridgehead atoms. The van der Waals surface area contributed by atoms with Crippen molar-refractivity contribution < 1.29 is 14.2 Å². The Morgan fingerprint density at radius 3 is 2.44 bits per heavy atom. The van der Waals surface area contributed by atoms with Crippen LogP contribution in [0.4, 0.5) is 0 Å². The van der Waals surface area contributed by atoms with Gasteiger partial charge in [-0.15, -0.1) is 0 Å². The fourth-order valence-corrected chi connectivity index (χ4v) is 3.34. The maximum absolute atomic E-state index is 5.96. The van der Waals surface area contributed by atoms with Crippen molar-refractivity contribution in [2.45, 2.75) is 51.6 Å². The summed E-state index contributed by atoms with van der Waals surface area (Å²) in [5, 5.41) is 3.47. The van der Waals surface area contributed by atoms with Crippen molar-refractivity contribution in [3.05, 3.63) is 0 Å². The molecule has 1 heterocycles. The molecule has 2 fully saturated rings. The first kappa shape index (κ1) is 20.5. The Bertz CT molecular complexity index is 391. The summed E-state index contributed by atoms with van der Waals surface area (Å²) in [5.41, 5.74) is 0.402. The summed E-state index contributed by atoms with van der Waals surface area (Å²) in [6, 6.07) is 0. The summed E-state index contributed by atoms with van der Waals surface area (Å²) in [6.07, 6.45) is 7.22. The second-order valence-electron chi connectivity index (χ2n) is 7.32. The molecule has 0 amide bonds. The zero-order valence-corrected chi connectivity index (χ0v) is 16.4. The Balaban J connectivity index is 1.76. The van der Waals surface area contributed by atoms with Gasteiger partial charge in [0.05, 0.1) is 6.10 Å². The van der Waals surface area contributed by atoms with E-state index in [2.05, 4.69) is 17.1 Å². The van der Waals surface area contributed by atoms with Gasteiger partial charge in [0.15, 0.2) is 5.96 Å². The van der Waals surface area contributed by atoms with Crippen molar-refractivity contribution >= 4 is 5.96 Å². The number of hydrogen-bond donors (Lipinski definition) is 1. The molecule has 0 spiro atoms. The van der Waals surface area contributed by atoms with Crippen molar-refractivity contribution in [2.24, 2.45) is 10.4 Å². The summed E-state index contributed by atoms with van der Waals surface area (Å²) in [4.78, 5) is 7.35. The van der Waals surface area contributed by atoms with Crippen LogP contribution in [0.1, 0.15) is 45.4 Å². The lowest BCUT2D eigenvalue weighted by atomic mass is 10.0. The van der Waals surface area contributed by atoms with Crippen LogP contribution in [0.3, 0.4) is 0 Å². The topological polar surface area (TPSA) is 55.3 Å². The number of nitrogens with zero attached hydrogens (tertiary/aromatic N) is 2. The Kier molecular flexibility index (Phi) is 8.99. The molecule has 1 saturated carbocycles. The Hall–Kier alpha value is -0.850. The van der Waals surface area contributed by atoms with Gasteiger partial charge in [0, 0.05) is 60.2 Å². The molecule has 1 N–H and O–H groups in total. The van der Waals surface area contributed by atoms with Gasteiger partial charge in [0.25, 0.3) is 0 Å². The molecule has 1 aliphatic heterocycles. The van der Waals surface area contributed by atoms with Crippen LogP contribution < -0.4 is 5.32 Å². The molecule has 0 radical (unpaired) electrons. The van der Waals surface area contributed by atoms with Gasteiger partial charge in [0.1, 0.15) is 0 Å². The molecular formula is C19H37N3O3. The molecule has 2 rings (SSSR count). The zero-order valence-electron chi connectivity index (χ0n) is 16.4. The lowest BCUT2D eigenvalue weighted by Crippen LogP contribution is -2.47. The van der Waals surface area contributed by atoms with Crippen LogP contribution in [0.5, 0.6) is 0 Å². The maximum Gasteiger partial charge on any atom is 0.193 e. The minimum atomic E-state index is 0.382. The first-order valence-corrected chi connectivity index (χ1v) is 9.86. The van der Waals surface area contributed by atoms with E-state index in [1.165, 1.54) is 12.8 Å². The average molecular weight is 356 g/mol. The molecule has 146 valence electrons. The van der Waals surface area contributed by atoms with Crippen LogP contribution in [0.2, 0.25) is 0 Å². The minimum absolute atomic E-state index is 0.382. The van der Waals surface area contributed by atoms with E-state index in [4.69, 9.17) is 19.2 Å². The van der Waals surface area contributed by atoms with Gasteiger partial charge < -0.3 is 24.4 Å². The predicted molar refractivity (Wildman–Crippen MR) is 101 cm³/mol. The van der Waals surface area contributed by atoms with Crippen LogP contribution in [-0.2, 0) is 14.2 Å². The molecule has 0 aromatic carbocycles. The summed E-state index contributed by atoms with van der Waals surface area (Å²) in [5.74, 6) is 1.07. The predicted octanol–water partition coefficient (Wildman–Crippen LogP) is 2.29. The first-order valence-electron chi connectivity index (χ1n) is 9.86. The van der Waals surface area contributed by atoms with Crippen molar-refractivity contribution in [1.82, 2.24) is 10.2 Å². The van der Waals surface area contributed by atoms with Crippen LogP contribution in [0, 0.1) is 5.41 Å². The van der Waals surface area contributed by atoms with Gasteiger partial charge in [-0.2, -0.15) is 0 Å². The molecule has 0 aromatic rings. The minimum Gasteiger partial charge on any atom is -0.385 e. The Labute approximate surface area is 153 Å². The van der Waals surface area contributed by atoms with Crippen LogP contribution >= 0.6 is 0 Å². The number of hydrogen-bond acceptors (Lipinski definition) is 4. The second-order valence-corrected chi connectivity index (χ2v) is 7.32. The average Bonchev–Trinajstić information content (AvgIpc) is 3.41. The maximum atomic E-state index is 5.96. The smallest absolute Gasteiger partial charge is 0.193 e. The highest BCUT2D eigenvalue weighted by Gasteiger charge is 2.42. The van der Waals surface area contributed by atoms with Crippen LogP contribution in [0.15, 0.2) is 4.99 Å². The normalized spacial score (nSPS) is 20.8. The molecule has 1 saturated heterocycles. The summed E-state index contributed by atoms with van der Waals surface area (Å²) in [6.45, 7) is 8.44. The largest absolute Gasteiger partial charge is 0.385 e. The first-order chi connectivity index (χ1) is 12.2. The van der Waals surface area contributed by atoms with Crippen molar-refractivity contribution in [3.63, 3.8) is 0 Å². The third kappa shape index (κ3) is 7.12. The summed E-state index contributed by atoms with van der Waals surface area (Å²) >= 11 is 0. The number of guanidine groups is 1. The molecule has 0 atom stereocenters. The van der Waals surface area contributed by atoms with Gasteiger partial charge in [-0.3, -0.25) is 4.99 Å². The number of methoxy groups -OCH3 is 2. The molecule has 6 nitrogen and oxygen atoms in total. The molecule has 1 aliphatic carbocycles. The van der Waals surface area contributed by atoms with E-state index >= 15 is 0 Å². The number of ether oxygens (including phenoxy) is 3. The van der Waals surface area contributed by atoms with Gasteiger partial charge in [-0.1, -0.05) is 0 Å². The zero-order chi connectivity index (χ0) is 18.0. The second kappa shape index (κ2) is 11.0. The fourth-order valence-electron chi connectivity index (χ4n) is 3.34. The standard InChI is InChI=1S/C19H37N3O3/c1-4-20-18(21-16-19(8-9-19)10-15-24-3)22-11-6-17(7-12-22)25-14-5-13-23-2/h17H,4-16H2,1-3H3,(H,20,21). The van der Waals surface area contributed by atoms with Gasteiger partial charge in [0.2, 0.25) is 0 Å². The van der Waals surface area contributed by atoms with Crippen molar-refractivity contribution in [2.75, 3.05) is 60.2 Å². The molecule has 2 aliphatic rings. The van der Waals surface area contributed by atoms with Crippen molar-refractivity contribution in [3.8, 4) is 0 Å². The van der Waals surface area contributed by atoms with E-state index in [9.17, 15) is 0 Å². The molecular weight excluding hydrogens is 318 g/mol. The number of rotatable bonds is 11. The summed E-state index contributed by atoms with van der Waals surface area (Å²) in [7, 11) is 3.52. The van der Waals surface area contributed by atoms with E-state index in [0.29, 0.717) is 11.5 Å². The highest BCUT2D eigenvalue weighted by Crippen LogP contribution is 2.49. The lowest BCUT2D eigenvalue weighted by molar-refractivity contribution is 0.00988. The van der Waals surface area contributed by atoms with E-state index in [1.54, 1.807) is 14.2 Å². The third-order valence-electron chi connectivity index (χ3n) is 5.28. The van der Waals surface area contributed by atoms with Crippen LogP contribution in [0.25, 0.3) is 0 Å². The number of aliphatic imine (C=N–C) groups is 1. The summed E-state index contributed by atoms with van der Waals surface area (Å²) < 4.78 is 16.3. The van der Waals surface area contributed by atoms with E-state index in [1.807, 2.05) is 0 Å². The molecule has 0 aromatic heterocycles. The SMILES string of the molecule is CCNC(=NCC1(CCOC)CC1)N1CCC(OCCCOC)CC1. The molecule has 25 heavy (non-hydrogen) atoms. The van der Waals surface area contributed by atoms with Gasteiger partial charge in [-0.25, -0.2) is 0 Å². The third-order valence-corrected chi connectivity index (χ3v) is 5.28. The molecule has 6 heteroatoms. The van der Waals surface area contributed by atoms with Crippen LogP contribution in [-0.4, -0.2) is 77.2 Å². The van der Waals surface area contributed by atoms with E-state index in [-0.39, 0.29) is 0 Å². The fraction of sp³-hybridized carbons (Fsp3) is 0.947. The quantitative estimate of drug-likeness (QED) is 0.350. The number of likely N-dealkylation sites (tertiary alicyclic amines) is 1. The van der Waals surface area contributed by atoms with E-state index < -0.39 is 0 Å². The number of nitrogens with one attached hydrogen (secondary N) is 1. The Morgan fingerprint density at radius 1 is 1.12 bits per heavy atom. The van der Waals surface area contributed by atoms with Crippen molar-refractivity contribution in [1.29, 1.82) is 0 Å². The van der Waals surface area contributed by atoms with E-state index in [0.717, 1.165) is 77.6 Å². The molecule has 0 unspecified atom stereocenters. The highest BCUT2D eigenvalue weighted by atomic mass is 16.5.